The van der Waals surface area contributed by atoms with Crippen LogP contribution in [0.5, 0.6) is 0 Å². The highest BCUT2D eigenvalue weighted by molar-refractivity contribution is 6.30. The van der Waals surface area contributed by atoms with Gasteiger partial charge in [-0.1, -0.05) is 18.0 Å². The Hall–Kier alpha value is -1.16. The molecule has 1 aromatic rings. The minimum absolute atomic E-state index is 0.785. The van der Waals surface area contributed by atoms with Crippen LogP contribution in [-0.2, 0) is 13.6 Å². The van der Waals surface area contributed by atoms with Crippen molar-refractivity contribution in [3.8, 4) is 0 Å². The van der Waals surface area contributed by atoms with Crippen LogP contribution in [0.4, 0.5) is 0 Å². The lowest BCUT2D eigenvalue weighted by atomic mass is 9.86. The maximum Gasteiger partial charge on any atom is 0.194 e. The third kappa shape index (κ3) is 3.92. The van der Waals surface area contributed by atoms with Crippen LogP contribution >= 0.6 is 11.6 Å². The average molecular weight is 297 g/mol. The van der Waals surface area contributed by atoms with Gasteiger partial charge < -0.3 is 14.8 Å². The molecule has 0 unspecified atom stereocenters. The fraction of sp³-hybridized carbons (Fsp3) is 0.667. The molecule has 0 aliphatic heterocycles. The molecule has 1 aliphatic carbocycles. The second-order valence-corrected chi connectivity index (χ2v) is 6.04. The zero-order valence-corrected chi connectivity index (χ0v) is 13.5. The van der Waals surface area contributed by atoms with Crippen LogP contribution in [0.1, 0.15) is 31.9 Å². The SMILES string of the molecule is CCNC(=NCC1CCC1)N(C)Cc1cc(Cl)cn1C. The molecule has 1 heterocycles. The Balaban J connectivity index is 1.98. The maximum absolute atomic E-state index is 6.03. The van der Waals surface area contributed by atoms with Gasteiger partial charge in [0.05, 0.1) is 11.6 Å². The van der Waals surface area contributed by atoms with Crippen molar-refractivity contribution in [1.82, 2.24) is 14.8 Å². The summed E-state index contributed by atoms with van der Waals surface area (Å²) in [7, 11) is 4.09. The van der Waals surface area contributed by atoms with Crippen LogP contribution in [0.2, 0.25) is 5.02 Å². The number of halogens is 1. The second-order valence-electron chi connectivity index (χ2n) is 5.61. The summed E-state index contributed by atoms with van der Waals surface area (Å²) in [6.45, 7) is 4.74. The van der Waals surface area contributed by atoms with E-state index in [0.717, 1.165) is 36.5 Å². The van der Waals surface area contributed by atoms with Crippen molar-refractivity contribution in [3.63, 3.8) is 0 Å². The number of hydrogen-bond donors (Lipinski definition) is 1. The second kappa shape index (κ2) is 7.02. The number of nitrogens with one attached hydrogen (secondary N) is 1. The molecular weight excluding hydrogens is 272 g/mol. The number of nitrogens with zero attached hydrogens (tertiary/aromatic N) is 3. The van der Waals surface area contributed by atoms with Crippen molar-refractivity contribution in [2.24, 2.45) is 18.0 Å². The van der Waals surface area contributed by atoms with Gasteiger partial charge in [-0.15, -0.1) is 0 Å². The molecule has 1 saturated carbocycles. The molecule has 4 nitrogen and oxygen atoms in total. The van der Waals surface area contributed by atoms with E-state index in [1.807, 2.05) is 19.3 Å². The molecule has 0 atom stereocenters. The monoisotopic (exact) mass is 296 g/mol. The predicted molar refractivity (Wildman–Crippen MR) is 85.2 cm³/mol. The number of aromatic nitrogens is 1. The molecule has 2 rings (SSSR count). The van der Waals surface area contributed by atoms with Crippen molar-refractivity contribution in [1.29, 1.82) is 0 Å². The molecule has 0 amide bonds. The van der Waals surface area contributed by atoms with Gasteiger partial charge in [0.2, 0.25) is 0 Å². The highest BCUT2D eigenvalue weighted by atomic mass is 35.5. The Bertz CT molecular complexity index is 462. The van der Waals surface area contributed by atoms with Gasteiger partial charge in [-0.3, -0.25) is 4.99 Å². The molecule has 0 aromatic carbocycles. The van der Waals surface area contributed by atoms with Gasteiger partial charge in [0, 0.05) is 39.1 Å². The van der Waals surface area contributed by atoms with E-state index in [1.165, 1.54) is 25.0 Å². The van der Waals surface area contributed by atoms with Gasteiger partial charge in [-0.05, 0) is 31.7 Å². The van der Waals surface area contributed by atoms with Gasteiger partial charge in [-0.25, -0.2) is 0 Å². The molecule has 1 aromatic heterocycles. The van der Waals surface area contributed by atoms with Gasteiger partial charge >= 0.3 is 0 Å². The van der Waals surface area contributed by atoms with Crippen molar-refractivity contribution in [3.05, 3.63) is 23.0 Å². The third-order valence-corrected chi connectivity index (χ3v) is 4.10. The summed E-state index contributed by atoms with van der Waals surface area (Å²) in [4.78, 5) is 6.92. The Morgan fingerprint density at radius 3 is 2.80 bits per heavy atom. The van der Waals surface area contributed by atoms with E-state index in [0.29, 0.717) is 0 Å². The largest absolute Gasteiger partial charge is 0.357 e. The lowest BCUT2D eigenvalue weighted by Crippen LogP contribution is -2.39. The fourth-order valence-corrected chi connectivity index (χ4v) is 2.67. The summed E-state index contributed by atoms with van der Waals surface area (Å²) < 4.78 is 2.06. The van der Waals surface area contributed by atoms with Gasteiger partial charge in [0.1, 0.15) is 0 Å². The molecule has 0 bridgehead atoms. The number of hydrogen-bond acceptors (Lipinski definition) is 1. The van der Waals surface area contributed by atoms with E-state index < -0.39 is 0 Å². The van der Waals surface area contributed by atoms with Crippen LogP contribution in [-0.4, -0.2) is 35.6 Å². The van der Waals surface area contributed by atoms with E-state index in [2.05, 4.69) is 28.8 Å². The molecule has 1 fully saturated rings. The minimum atomic E-state index is 0.785. The first-order chi connectivity index (χ1) is 9.60. The highest BCUT2D eigenvalue weighted by Gasteiger charge is 2.17. The summed E-state index contributed by atoms with van der Waals surface area (Å²) in [6, 6.07) is 2.01. The zero-order chi connectivity index (χ0) is 14.5. The van der Waals surface area contributed by atoms with Crippen molar-refractivity contribution < 1.29 is 0 Å². The van der Waals surface area contributed by atoms with E-state index in [4.69, 9.17) is 16.6 Å². The quantitative estimate of drug-likeness (QED) is 0.669. The number of aliphatic imine (C=N–C) groups is 1. The highest BCUT2D eigenvalue weighted by Crippen LogP contribution is 2.26. The summed E-state index contributed by atoms with van der Waals surface area (Å²) in [5.74, 6) is 1.78. The van der Waals surface area contributed by atoms with E-state index in [1.54, 1.807) is 0 Å². The standard InChI is InChI=1S/C15H25ClN4/c1-4-17-15(18-9-12-6-5-7-12)20(3)11-14-8-13(16)10-19(14)2/h8,10,12H,4-7,9,11H2,1-3H3,(H,17,18). The van der Waals surface area contributed by atoms with Crippen LogP contribution in [0.15, 0.2) is 17.3 Å². The number of guanidine groups is 1. The first-order valence-electron chi connectivity index (χ1n) is 7.40. The molecule has 5 heteroatoms. The first kappa shape index (κ1) is 15.2. The summed E-state index contributed by atoms with van der Waals surface area (Å²) in [5.41, 5.74) is 1.19. The zero-order valence-electron chi connectivity index (χ0n) is 12.7. The molecule has 0 saturated heterocycles. The van der Waals surface area contributed by atoms with Crippen LogP contribution in [0.3, 0.4) is 0 Å². The number of rotatable bonds is 5. The minimum Gasteiger partial charge on any atom is -0.357 e. The van der Waals surface area contributed by atoms with E-state index in [9.17, 15) is 0 Å². The molecule has 1 N–H and O–H groups in total. The fourth-order valence-electron chi connectivity index (χ4n) is 2.40. The van der Waals surface area contributed by atoms with Crippen LogP contribution in [0.25, 0.3) is 0 Å². The predicted octanol–water partition coefficient (Wildman–Crippen LogP) is 2.88. The molecule has 0 spiro atoms. The van der Waals surface area contributed by atoms with Crippen LogP contribution in [0, 0.1) is 5.92 Å². The molecule has 0 radical (unpaired) electrons. The lowest BCUT2D eigenvalue weighted by Gasteiger charge is -2.26. The van der Waals surface area contributed by atoms with Crippen molar-refractivity contribution in [2.75, 3.05) is 20.1 Å². The summed E-state index contributed by atoms with van der Waals surface area (Å²) in [6.07, 6.45) is 5.97. The Labute approximate surface area is 126 Å². The average Bonchev–Trinajstić information content (AvgIpc) is 2.64. The lowest BCUT2D eigenvalue weighted by molar-refractivity contribution is 0.323. The molecular formula is C15H25ClN4. The van der Waals surface area contributed by atoms with Crippen molar-refractivity contribution >= 4 is 17.6 Å². The Morgan fingerprint density at radius 2 is 2.30 bits per heavy atom. The maximum atomic E-state index is 6.03. The smallest absolute Gasteiger partial charge is 0.194 e. The Morgan fingerprint density at radius 1 is 1.55 bits per heavy atom. The Kier molecular flexibility index (Phi) is 5.35. The third-order valence-electron chi connectivity index (χ3n) is 3.89. The van der Waals surface area contributed by atoms with Gasteiger partial charge in [0.25, 0.3) is 0 Å². The first-order valence-corrected chi connectivity index (χ1v) is 7.78. The molecule has 20 heavy (non-hydrogen) atoms. The summed E-state index contributed by atoms with van der Waals surface area (Å²) in [5, 5.41) is 4.15. The normalized spacial score (nSPS) is 16.1. The number of aryl methyl sites for hydroxylation is 1. The van der Waals surface area contributed by atoms with E-state index >= 15 is 0 Å². The van der Waals surface area contributed by atoms with Gasteiger partial charge in [0.15, 0.2) is 5.96 Å². The topological polar surface area (TPSA) is 32.6 Å². The van der Waals surface area contributed by atoms with Crippen LogP contribution < -0.4 is 5.32 Å². The van der Waals surface area contributed by atoms with Gasteiger partial charge in [-0.2, -0.15) is 0 Å². The van der Waals surface area contributed by atoms with E-state index in [-0.39, 0.29) is 0 Å². The summed E-state index contributed by atoms with van der Waals surface area (Å²) >= 11 is 6.03. The molecule has 1 aliphatic rings. The van der Waals surface area contributed by atoms with Crippen molar-refractivity contribution in [2.45, 2.75) is 32.7 Å². The molecule has 112 valence electrons.